The lowest BCUT2D eigenvalue weighted by molar-refractivity contribution is -0.124. The Morgan fingerprint density at radius 3 is 2.62 bits per heavy atom. The summed E-state index contributed by atoms with van der Waals surface area (Å²) in [6, 6.07) is 7.07. The molecule has 86 valence electrons. The third kappa shape index (κ3) is 4.10. The minimum atomic E-state index is -0.328. The SMILES string of the molecule is NCCOc1ccc(CC(=O)NC=O)cc1. The number of rotatable bonds is 6. The Balaban J connectivity index is 2.50. The van der Waals surface area contributed by atoms with Crippen molar-refractivity contribution in [1.29, 1.82) is 0 Å². The molecule has 2 amide bonds. The van der Waals surface area contributed by atoms with Crippen molar-refractivity contribution in [3.8, 4) is 5.75 Å². The second-order valence-electron chi connectivity index (χ2n) is 3.14. The molecule has 1 aromatic rings. The van der Waals surface area contributed by atoms with E-state index in [0.29, 0.717) is 25.3 Å². The average molecular weight is 222 g/mol. The summed E-state index contributed by atoms with van der Waals surface area (Å²) >= 11 is 0. The number of ether oxygens (including phenoxy) is 1. The molecular formula is C11H14N2O3. The zero-order valence-electron chi connectivity index (χ0n) is 8.81. The van der Waals surface area contributed by atoms with E-state index in [1.165, 1.54) is 0 Å². The lowest BCUT2D eigenvalue weighted by atomic mass is 10.1. The highest BCUT2D eigenvalue weighted by Crippen LogP contribution is 2.12. The van der Waals surface area contributed by atoms with Crippen LogP contribution in [0.1, 0.15) is 5.56 Å². The van der Waals surface area contributed by atoms with Gasteiger partial charge in [-0.05, 0) is 17.7 Å². The summed E-state index contributed by atoms with van der Waals surface area (Å²) < 4.78 is 5.28. The fourth-order valence-electron chi connectivity index (χ4n) is 1.18. The van der Waals surface area contributed by atoms with Crippen molar-refractivity contribution in [2.75, 3.05) is 13.2 Å². The summed E-state index contributed by atoms with van der Waals surface area (Å²) in [7, 11) is 0. The van der Waals surface area contributed by atoms with E-state index in [9.17, 15) is 9.59 Å². The number of nitrogens with two attached hydrogens (primary N) is 1. The second-order valence-corrected chi connectivity index (χ2v) is 3.14. The summed E-state index contributed by atoms with van der Waals surface area (Å²) in [5.41, 5.74) is 6.11. The van der Waals surface area contributed by atoms with E-state index in [4.69, 9.17) is 10.5 Å². The second kappa shape index (κ2) is 6.58. The van der Waals surface area contributed by atoms with Gasteiger partial charge in [0.05, 0.1) is 6.42 Å². The molecule has 0 aromatic heterocycles. The quantitative estimate of drug-likeness (QED) is 0.655. The molecule has 0 saturated heterocycles. The van der Waals surface area contributed by atoms with Crippen molar-refractivity contribution in [3.63, 3.8) is 0 Å². The molecule has 3 N–H and O–H groups in total. The third-order valence-electron chi connectivity index (χ3n) is 1.89. The Bertz CT molecular complexity index is 349. The van der Waals surface area contributed by atoms with E-state index >= 15 is 0 Å². The number of carbonyl (C=O) groups is 2. The van der Waals surface area contributed by atoms with Gasteiger partial charge in [-0.2, -0.15) is 0 Å². The van der Waals surface area contributed by atoms with Crippen molar-refractivity contribution in [1.82, 2.24) is 5.32 Å². The molecule has 0 heterocycles. The highest BCUT2D eigenvalue weighted by atomic mass is 16.5. The Morgan fingerprint density at radius 1 is 1.38 bits per heavy atom. The molecule has 0 aliphatic carbocycles. The number of benzene rings is 1. The Morgan fingerprint density at radius 2 is 2.06 bits per heavy atom. The van der Waals surface area contributed by atoms with Gasteiger partial charge in [0, 0.05) is 6.54 Å². The molecule has 1 rings (SSSR count). The number of amides is 2. The minimum Gasteiger partial charge on any atom is -0.492 e. The van der Waals surface area contributed by atoms with E-state index in [1.807, 2.05) is 0 Å². The standard InChI is InChI=1S/C11H14N2O3/c12-5-6-16-10-3-1-9(2-4-10)7-11(15)13-8-14/h1-4,8H,5-7,12H2,(H,13,14,15). The Kier molecular flexibility index (Phi) is 5.01. The monoisotopic (exact) mass is 222 g/mol. The van der Waals surface area contributed by atoms with Gasteiger partial charge in [0.2, 0.25) is 12.3 Å². The first-order chi connectivity index (χ1) is 7.76. The molecule has 0 unspecified atom stereocenters. The van der Waals surface area contributed by atoms with Crippen LogP contribution in [0.2, 0.25) is 0 Å². The van der Waals surface area contributed by atoms with E-state index < -0.39 is 0 Å². The van der Waals surface area contributed by atoms with E-state index in [-0.39, 0.29) is 12.3 Å². The molecule has 0 aliphatic rings. The maximum Gasteiger partial charge on any atom is 0.230 e. The van der Waals surface area contributed by atoms with Gasteiger partial charge in [-0.1, -0.05) is 12.1 Å². The number of imide groups is 1. The third-order valence-corrected chi connectivity index (χ3v) is 1.89. The number of hydrogen-bond acceptors (Lipinski definition) is 4. The Hall–Kier alpha value is -1.88. The molecule has 0 fully saturated rings. The molecule has 0 atom stereocenters. The first-order valence-electron chi connectivity index (χ1n) is 4.91. The highest BCUT2D eigenvalue weighted by Gasteiger charge is 2.02. The topological polar surface area (TPSA) is 81.4 Å². The minimum absolute atomic E-state index is 0.176. The van der Waals surface area contributed by atoms with E-state index in [2.05, 4.69) is 5.32 Å². The van der Waals surface area contributed by atoms with Gasteiger partial charge in [-0.3, -0.25) is 14.9 Å². The van der Waals surface area contributed by atoms with Crippen LogP contribution in [0.25, 0.3) is 0 Å². The highest BCUT2D eigenvalue weighted by molar-refractivity contribution is 5.87. The summed E-state index contributed by atoms with van der Waals surface area (Å²) in [6.45, 7) is 0.925. The van der Waals surface area contributed by atoms with Crippen LogP contribution in [0.5, 0.6) is 5.75 Å². The van der Waals surface area contributed by atoms with Crippen molar-refractivity contribution in [2.24, 2.45) is 5.73 Å². The smallest absolute Gasteiger partial charge is 0.230 e. The zero-order chi connectivity index (χ0) is 11.8. The zero-order valence-corrected chi connectivity index (χ0v) is 8.81. The summed E-state index contributed by atoms with van der Waals surface area (Å²) in [5, 5.41) is 2.08. The molecule has 0 saturated carbocycles. The van der Waals surface area contributed by atoms with Gasteiger partial charge in [0.1, 0.15) is 12.4 Å². The molecular weight excluding hydrogens is 208 g/mol. The Labute approximate surface area is 93.6 Å². The maximum atomic E-state index is 11.1. The van der Waals surface area contributed by atoms with Crippen LogP contribution in [-0.4, -0.2) is 25.5 Å². The number of nitrogens with one attached hydrogen (secondary N) is 1. The summed E-state index contributed by atoms with van der Waals surface area (Å²) in [4.78, 5) is 21.1. The predicted octanol–water partition coefficient (Wildman–Crippen LogP) is -0.161. The summed E-state index contributed by atoms with van der Waals surface area (Å²) in [5.74, 6) is 0.385. The van der Waals surface area contributed by atoms with Crippen LogP contribution >= 0.6 is 0 Å². The number of hydrogen-bond donors (Lipinski definition) is 2. The molecule has 16 heavy (non-hydrogen) atoms. The fourth-order valence-corrected chi connectivity index (χ4v) is 1.18. The molecule has 0 spiro atoms. The van der Waals surface area contributed by atoms with E-state index in [0.717, 1.165) is 5.56 Å². The van der Waals surface area contributed by atoms with Crippen LogP contribution in [0.15, 0.2) is 24.3 Å². The molecule has 5 nitrogen and oxygen atoms in total. The van der Waals surface area contributed by atoms with Crippen LogP contribution < -0.4 is 15.8 Å². The van der Waals surface area contributed by atoms with Gasteiger partial charge in [-0.15, -0.1) is 0 Å². The molecule has 5 heteroatoms. The lowest BCUT2D eigenvalue weighted by Crippen LogP contribution is -2.23. The van der Waals surface area contributed by atoms with Crippen LogP contribution in [-0.2, 0) is 16.0 Å². The van der Waals surface area contributed by atoms with Crippen LogP contribution in [0.4, 0.5) is 0 Å². The molecule has 0 radical (unpaired) electrons. The summed E-state index contributed by atoms with van der Waals surface area (Å²) in [6.07, 6.45) is 0.553. The van der Waals surface area contributed by atoms with Gasteiger partial charge in [0.15, 0.2) is 0 Å². The van der Waals surface area contributed by atoms with Crippen LogP contribution in [0, 0.1) is 0 Å². The first kappa shape index (κ1) is 12.2. The van der Waals surface area contributed by atoms with Crippen LogP contribution in [0.3, 0.4) is 0 Å². The van der Waals surface area contributed by atoms with Gasteiger partial charge in [-0.25, -0.2) is 0 Å². The predicted molar refractivity (Wildman–Crippen MR) is 58.9 cm³/mol. The lowest BCUT2D eigenvalue weighted by Gasteiger charge is -2.05. The van der Waals surface area contributed by atoms with Crippen molar-refractivity contribution >= 4 is 12.3 Å². The maximum absolute atomic E-state index is 11.1. The normalized spacial score (nSPS) is 9.56. The number of carbonyl (C=O) groups excluding carboxylic acids is 2. The first-order valence-corrected chi connectivity index (χ1v) is 4.91. The fraction of sp³-hybridized carbons (Fsp3) is 0.273. The van der Waals surface area contributed by atoms with Crippen molar-refractivity contribution < 1.29 is 14.3 Å². The van der Waals surface area contributed by atoms with Gasteiger partial charge >= 0.3 is 0 Å². The largest absolute Gasteiger partial charge is 0.492 e. The van der Waals surface area contributed by atoms with Gasteiger partial charge in [0.25, 0.3) is 0 Å². The van der Waals surface area contributed by atoms with E-state index in [1.54, 1.807) is 24.3 Å². The van der Waals surface area contributed by atoms with Crippen molar-refractivity contribution in [2.45, 2.75) is 6.42 Å². The average Bonchev–Trinajstić information content (AvgIpc) is 2.28. The van der Waals surface area contributed by atoms with Gasteiger partial charge < -0.3 is 10.5 Å². The molecule has 1 aromatic carbocycles. The molecule has 0 aliphatic heterocycles. The molecule has 0 bridgehead atoms. The van der Waals surface area contributed by atoms with Crippen molar-refractivity contribution in [3.05, 3.63) is 29.8 Å².